The highest BCUT2D eigenvalue weighted by atomic mass is 19.1. The fraction of sp³-hybridized carbons (Fsp3) is 0.158. The van der Waals surface area contributed by atoms with Gasteiger partial charge in [-0.05, 0) is 42.3 Å². The molecule has 0 radical (unpaired) electrons. The van der Waals surface area contributed by atoms with Crippen molar-refractivity contribution in [3.63, 3.8) is 0 Å². The first-order valence-electron chi connectivity index (χ1n) is 7.87. The Bertz CT molecular complexity index is 812. The second-order valence-electron chi connectivity index (χ2n) is 5.72. The van der Waals surface area contributed by atoms with Crippen molar-refractivity contribution < 1.29 is 18.4 Å². The lowest BCUT2D eigenvalue weighted by atomic mass is 10.2. The first-order valence-corrected chi connectivity index (χ1v) is 7.87. The Labute approximate surface area is 143 Å². The van der Waals surface area contributed by atoms with Crippen molar-refractivity contribution in [2.45, 2.75) is 12.8 Å². The van der Waals surface area contributed by atoms with E-state index in [1.807, 2.05) is 12.1 Å². The maximum atomic E-state index is 13.1. The number of carbonyl (C=O) groups excluding carboxylic acids is 2. The first kappa shape index (κ1) is 16.8. The summed E-state index contributed by atoms with van der Waals surface area (Å²) in [5, 5.41) is 2.40. The minimum atomic E-state index is -0.758. The third kappa shape index (κ3) is 4.29. The van der Waals surface area contributed by atoms with E-state index in [-0.39, 0.29) is 11.6 Å². The molecule has 2 aromatic carbocycles. The maximum absolute atomic E-state index is 13.1. The minimum Gasteiger partial charge on any atom is -0.322 e. The van der Waals surface area contributed by atoms with Gasteiger partial charge in [0.1, 0.15) is 11.6 Å². The van der Waals surface area contributed by atoms with Crippen LogP contribution in [0.1, 0.15) is 18.4 Å². The summed E-state index contributed by atoms with van der Waals surface area (Å²) in [4.78, 5) is 25.3. The smallest absolute Gasteiger partial charge is 0.248 e. The van der Waals surface area contributed by atoms with E-state index in [1.165, 1.54) is 6.08 Å². The van der Waals surface area contributed by atoms with Crippen LogP contribution in [0.25, 0.3) is 6.08 Å². The van der Waals surface area contributed by atoms with Crippen molar-refractivity contribution in [1.29, 1.82) is 0 Å². The molecule has 4 nitrogen and oxygen atoms in total. The van der Waals surface area contributed by atoms with Gasteiger partial charge in [-0.15, -0.1) is 0 Å². The fourth-order valence-corrected chi connectivity index (χ4v) is 2.67. The van der Waals surface area contributed by atoms with Gasteiger partial charge in [-0.1, -0.05) is 12.1 Å². The van der Waals surface area contributed by atoms with Crippen LogP contribution in [-0.2, 0) is 9.59 Å². The first-order chi connectivity index (χ1) is 12.0. The molecule has 0 aliphatic carbocycles. The maximum Gasteiger partial charge on any atom is 0.248 e. The molecule has 1 fully saturated rings. The molecule has 0 unspecified atom stereocenters. The molecule has 25 heavy (non-hydrogen) atoms. The molecule has 1 N–H and O–H groups in total. The molecule has 1 aliphatic rings. The molecule has 3 rings (SSSR count). The highest BCUT2D eigenvalue weighted by Crippen LogP contribution is 2.22. The number of nitrogens with one attached hydrogen (secondary N) is 1. The van der Waals surface area contributed by atoms with Crippen LogP contribution in [0.3, 0.4) is 0 Å². The Morgan fingerprint density at radius 2 is 1.76 bits per heavy atom. The molecule has 0 saturated carbocycles. The van der Waals surface area contributed by atoms with Crippen LogP contribution < -0.4 is 10.2 Å². The summed E-state index contributed by atoms with van der Waals surface area (Å²) in [7, 11) is 0. The number of halogens is 2. The van der Waals surface area contributed by atoms with E-state index in [0.29, 0.717) is 6.42 Å². The second kappa shape index (κ2) is 7.25. The molecule has 2 amide bonds. The van der Waals surface area contributed by atoms with Gasteiger partial charge in [0.2, 0.25) is 11.8 Å². The Morgan fingerprint density at radius 1 is 1.08 bits per heavy atom. The standard InChI is InChI=1S/C19H16F2N2O2/c20-14-10-15(21)12-16(11-14)22-18(24)8-5-13-3-6-17(7-4-13)23-9-1-2-19(23)25/h3-8,10-12H,1-2,9H2,(H,22,24). The predicted octanol–water partition coefficient (Wildman–Crippen LogP) is 3.74. The molecule has 0 bridgehead atoms. The summed E-state index contributed by atoms with van der Waals surface area (Å²) < 4.78 is 26.2. The van der Waals surface area contributed by atoms with E-state index < -0.39 is 17.5 Å². The second-order valence-corrected chi connectivity index (χ2v) is 5.72. The van der Waals surface area contributed by atoms with Crippen LogP contribution in [0.2, 0.25) is 0 Å². The van der Waals surface area contributed by atoms with Crippen LogP contribution in [0.4, 0.5) is 20.2 Å². The molecule has 1 aliphatic heterocycles. The topological polar surface area (TPSA) is 49.4 Å². The summed E-state index contributed by atoms with van der Waals surface area (Å²) in [6.45, 7) is 0.723. The van der Waals surface area contributed by atoms with Gasteiger partial charge >= 0.3 is 0 Å². The Morgan fingerprint density at radius 3 is 2.36 bits per heavy atom. The largest absolute Gasteiger partial charge is 0.322 e. The highest BCUT2D eigenvalue weighted by molar-refractivity contribution is 6.02. The molecule has 0 aromatic heterocycles. The van der Waals surface area contributed by atoms with Crippen LogP contribution in [0.5, 0.6) is 0 Å². The lowest BCUT2D eigenvalue weighted by Crippen LogP contribution is -2.23. The van der Waals surface area contributed by atoms with E-state index in [0.717, 1.165) is 42.4 Å². The van der Waals surface area contributed by atoms with Gasteiger partial charge in [0.15, 0.2) is 0 Å². The molecule has 6 heteroatoms. The third-order valence-corrected chi connectivity index (χ3v) is 3.84. The van der Waals surface area contributed by atoms with Crippen molar-refractivity contribution in [2.75, 3.05) is 16.8 Å². The van der Waals surface area contributed by atoms with E-state index in [4.69, 9.17) is 0 Å². The number of anilines is 2. The molecular weight excluding hydrogens is 326 g/mol. The summed E-state index contributed by atoms with van der Waals surface area (Å²) in [6.07, 6.45) is 4.29. The zero-order valence-electron chi connectivity index (χ0n) is 13.3. The normalized spacial score (nSPS) is 14.3. The lowest BCUT2D eigenvalue weighted by molar-refractivity contribution is -0.117. The van der Waals surface area contributed by atoms with Gasteiger partial charge in [-0.25, -0.2) is 8.78 Å². The monoisotopic (exact) mass is 342 g/mol. The third-order valence-electron chi connectivity index (χ3n) is 3.84. The number of amides is 2. The molecule has 128 valence electrons. The number of benzene rings is 2. The molecule has 2 aromatic rings. The van der Waals surface area contributed by atoms with Gasteiger partial charge in [0.05, 0.1) is 0 Å². The number of hydrogen-bond donors (Lipinski definition) is 1. The van der Waals surface area contributed by atoms with E-state index in [2.05, 4.69) is 5.32 Å². The van der Waals surface area contributed by atoms with Crippen molar-refractivity contribution >= 4 is 29.3 Å². The van der Waals surface area contributed by atoms with Gasteiger partial charge in [0.25, 0.3) is 0 Å². The Hall–Kier alpha value is -3.02. The molecule has 1 heterocycles. The average molecular weight is 342 g/mol. The average Bonchev–Trinajstić information content (AvgIpc) is 2.98. The van der Waals surface area contributed by atoms with Crippen LogP contribution in [-0.4, -0.2) is 18.4 Å². The number of carbonyl (C=O) groups is 2. The Balaban J connectivity index is 1.63. The summed E-state index contributed by atoms with van der Waals surface area (Å²) in [5.74, 6) is -1.90. The van der Waals surface area contributed by atoms with Crippen LogP contribution in [0, 0.1) is 11.6 Å². The zero-order chi connectivity index (χ0) is 17.8. The van der Waals surface area contributed by atoms with Crippen molar-refractivity contribution in [3.05, 3.63) is 65.7 Å². The minimum absolute atomic E-state index is 0.0510. The van der Waals surface area contributed by atoms with Crippen molar-refractivity contribution in [1.82, 2.24) is 0 Å². The van der Waals surface area contributed by atoms with Gasteiger partial charge in [-0.3, -0.25) is 9.59 Å². The summed E-state index contributed by atoms with van der Waals surface area (Å²) in [5.41, 5.74) is 1.66. The molecular formula is C19H16F2N2O2. The fourth-order valence-electron chi connectivity index (χ4n) is 2.67. The van der Waals surface area contributed by atoms with Crippen molar-refractivity contribution in [3.8, 4) is 0 Å². The predicted molar refractivity (Wildman–Crippen MR) is 92.1 cm³/mol. The summed E-state index contributed by atoms with van der Waals surface area (Å²) >= 11 is 0. The van der Waals surface area contributed by atoms with Crippen LogP contribution in [0.15, 0.2) is 48.5 Å². The lowest BCUT2D eigenvalue weighted by Gasteiger charge is -2.15. The number of rotatable bonds is 4. The number of nitrogens with zero attached hydrogens (tertiary/aromatic N) is 1. The summed E-state index contributed by atoms with van der Waals surface area (Å²) in [6, 6.07) is 10.1. The molecule has 1 saturated heterocycles. The van der Waals surface area contributed by atoms with Gasteiger partial charge < -0.3 is 10.2 Å². The van der Waals surface area contributed by atoms with E-state index in [9.17, 15) is 18.4 Å². The van der Waals surface area contributed by atoms with E-state index >= 15 is 0 Å². The Kier molecular flexibility index (Phi) is 4.88. The van der Waals surface area contributed by atoms with Crippen LogP contribution >= 0.6 is 0 Å². The van der Waals surface area contributed by atoms with Gasteiger partial charge in [-0.2, -0.15) is 0 Å². The SMILES string of the molecule is O=C(C=Cc1ccc(N2CCCC2=O)cc1)Nc1cc(F)cc(F)c1. The molecule has 0 atom stereocenters. The van der Waals surface area contributed by atoms with Gasteiger partial charge in [0, 0.05) is 36.5 Å². The molecule has 0 spiro atoms. The highest BCUT2D eigenvalue weighted by Gasteiger charge is 2.21. The zero-order valence-corrected chi connectivity index (χ0v) is 13.3. The quantitative estimate of drug-likeness (QED) is 0.861. The number of hydrogen-bond acceptors (Lipinski definition) is 2. The van der Waals surface area contributed by atoms with Crippen molar-refractivity contribution in [2.24, 2.45) is 0 Å². The van der Waals surface area contributed by atoms with E-state index in [1.54, 1.807) is 23.1 Å².